The lowest BCUT2D eigenvalue weighted by atomic mass is 10.1. The molecule has 1 rings (SSSR count). The van der Waals surface area contributed by atoms with E-state index in [9.17, 15) is 4.79 Å². The molecule has 1 aromatic rings. The van der Waals surface area contributed by atoms with Crippen molar-refractivity contribution in [1.82, 2.24) is 5.32 Å². The van der Waals surface area contributed by atoms with Crippen molar-refractivity contribution in [1.29, 1.82) is 0 Å². The molecule has 0 aliphatic heterocycles. The van der Waals surface area contributed by atoms with E-state index in [1.54, 1.807) is 0 Å². The molecule has 4 nitrogen and oxygen atoms in total. The molecule has 0 heterocycles. The van der Waals surface area contributed by atoms with E-state index in [0.29, 0.717) is 5.75 Å². The van der Waals surface area contributed by atoms with Crippen molar-refractivity contribution in [3.8, 4) is 5.75 Å². The molecule has 2 N–H and O–H groups in total. The maximum atomic E-state index is 11.1. The van der Waals surface area contributed by atoms with Gasteiger partial charge in [0, 0.05) is 6.04 Å². The predicted octanol–water partition coefficient (Wildman–Crippen LogP) is 2.86. The lowest BCUT2D eigenvalue weighted by molar-refractivity contribution is -0.140. The Balaban J connectivity index is 2.49. The maximum Gasteiger partial charge on any atom is 0.324 e. The molecule has 0 amide bonds. The minimum Gasteiger partial charge on any atom is -0.491 e. The molecular formula is C16H25NO3. The van der Waals surface area contributed by atoms with Crippen molar-refractivity contribution in [3.05, 3.63) is 29.8 Å². The van der Waals surface area contributed by atoms with Crippen LogP contribution in [0.25, 0.3) is 0 Å². The van der Waals surface area contributed by atoms with E-state index in [-0.39, 0.29) is 12.6 Å². The van der Waals surface area contributed by atoms with Gasteiger partial charge in [0.25, 0.3) is 0 Å². The van der Waals surface area contributed by atoms with Crippen LogP contribution in [-0.4, -0.2) is 29.8 Å². The normalized spacial score (nSPS) is 12.4. The first kappa shape index (κ1) is 16.5. The van der Waals surface area contributed by atoms with E-state index in [2.05, 4.69) is 12.2 Å². The number of aryl methyl sites for hydroxylation is 1. The highest BCUT2D eigenvalue weighted by Crippen LogP contribution is 2.14. The fraction of sp³-hybridized carbons (Fsp3) is 0.562. The SMILES string of the molecule is CCCCc1ccc(OCC(NC(C)C)C(=O)O)cc1. The van der Waals surface area contributed by atoms with Crippen molar-refractivity contribution in [2.75, 3.05) is 6.61 Å². The third kappa shape index (κ3) is 6.06. The average molecular weight is 279 g/mol. The summed E-state index contributed by atoms with van der Waals surface area (Å²) in [5, 5.41) is 12.1. The Hall–Kier alpha value is -1.55. The van der Waals surface area contributed by atoms with E-state index in [1.165, 1.54) is 18.4 Å². The summed E-state index contributed by atoms with van der Waals surface area (Å²) in [4.78, 5) is 11.1. The van der Waals surface area contributed by atoms with Crippen LogP contribution in [0.3, 0.4) is 0 Å². The van der Waals surface area contributed by atoms with Gasteiger partial charge in [-0.3, -0.25) is 10.1 Å². The van der Waals surface area contributed by atoms with Crippen molar-refractivity contribution in [3.63, 3.8) is 0 Å². The van der Waals surface area contributed by atoms with Crippen LogP contribution >= 0.6 is 0 Å². The first-order valence-corrected chi connectivity index (χ1v) is 7.23. The standard InChI is InChI=1S/C16H25NO3/c1-4-5-6-13-7-9-14(10-8-13)20-11-15(16(18)19)17-12(2)3/h7-10,12,15,17H,4-6,11H2,1-3H3,(H,18,19). The Morgan fingerprint density at radius 2 is 1.95 bits per heavy atom. The number of hydrogen-bond acceptors (Lipinski definition) is 3. The van der Waals surface area contributed by atoms with Crippen LogP contribution < -0.4 is 10.1 Å². The van der Waals surface area contributed by atoms with Gasteiger partial charge in [0.1, 0.15) is 18.4 Å². The number of carboxylic acid groups (broad SMARTS) is 1. The van der Waals surface area contributed by atoms with Crippen molar-refractivity contribution in [2.24, 2.45) is 0 Å². The number of hydrogen-bond donors (Lipinski definition) is 2. The Morgan fingerprint density at radius 1 is 1.30 bits per heavy atom. The van der Waals surface area contributed by atoms with Crippen LogP contribution in [0.5, 0.6) is 5.75 Å². The molecule has 0 aliphatic rings. The van der Waals surface area contributed by atoms with Crippen LogP contribution in [0.2, 0.25) is 0 Å². The molecule has 112 valence electrons. The topological polar surface area (TPSA) is 58.6 Å². The summed E-state index contributed by atoms with van der Waals surface area (Å²) >= 11 is 0. The molecule has 20 heavy (non-hydrogen) atoms. The van der Waals surface area contributed by atoms with Crippen molar-refractivity contribution >= 4 is 5.97 Å². The zero-order valence-corrected chi connectivity index (χ0v) is 12.6. The summed E-state index contributed by atoms with van der Waals surface area (Å²) in [5.41, 5.74) is 1.29. The maximum absolute atomic E-state index is 11.1. The zero-order valence-electron chi connectivity index (χ0n) is 12.6. The van der Waals surface area contributed by atoms with Crippen molar-refractivity contribution < 1.29 is 14.6 Å². The minimum absolute atomic E-state index is 0.108. The fourth-order valence-electron chi connectivity index (χ4n) is 1.91. The lowest BCUT2D eigenvalue weighted by Gasteiger charge is -2.17. The molecule has 0 saturated carbocycles. The van der Waals surface area contributed by atoms with E-state index in [4.69, 9.17) is 9.84 Å². The van der Waals surface area contributed by atoms with E-state index in [1.807, 2.05) is 38.1 Å². The summed E-state index contributed by atoms with van der Waals surface area (Å²) < 4.78 is 5.55. The number of ether oxygens (including phenoxy) is 1. The summed E-state index contributed by atoms with van der Waals surface area (Å²) in [6, 6.07) is 7.30. The monoisotopic (exact) mass is 279 g/mol. The number of aliphatic carboxylic acids is 1. The van der Waals surface area contributed by atoms with Crippen LogP contribution in [0.4, 0.5) is 0 Å². The molecule has 0 radical (unpaired) electrons. The number of benzene rings is 1. The molecular weight excluding hydrogens is 254 g/mol. The fourth-order valence-corrected chi connectivity index (χ4v) is 1.91. The van der Waals surface area contributed by atoms with Crippen LogP contribution in [0, 0.1) is 0 Å². The Morgan fingerprint density at radius 3 is 2.45 bits per heavy atom. The van der Waals surface area contributed by atoms with Gasteiger partial charge in [-0.25, -0.2) is 0 Å². The lowest BCUT2D eigenvalue weighted by Crippen LogP contribution is -2.44. The van der Waals surface area contributed by atoms with E-state index in [0.717, 1.165) is 6.42 Å². The number of carbonyl (C=O) groups is 1. The van der Waals surface area contributed by atoms with Gasteiger partial charge < -0.3 is 9.84 Å². The number of rotatable bonds is 9. The Kier molecular flexibility index (Phi) is 7.09. The minimum atomic E-state index is -0.890. The molecule has 1 aromatic carbocycles. The molecule has 0 aromatic heterocycles. The molecule has 0 spiro atoms. The molecule has 1 unspecified atom stereocenters. The quantitative estimate of drug-likeness (QED) is 0.730. The molecule has 0 bridgehead atoms. The third-order valence-corrected chi connectivity index (χ3v) is 2.99. The largest absolute Gasteiger partial charge is 0.491 e. The second-order valence-corrected chi connectivity index (χ2v) is 5.27. The Labute approximate surface area is 121 Å². The van der Waals surface area contributed by atoms with Gasteiger partial charge in [-0.15, -0.1) is 0 Å². The highest BCUT2D eigenvalue weighted by Gasteiger charge is 2.18. The van der Waals surface area contributed by atoms with Crippen LogP contribution in [0.1, 0.15) is 39.2 Å². The Bertz CT molecular complexity index is 401. The summed E-state index contributed by atoms with van der Waals surface area (Å²) in [7, 11) is 0. The number of unbranched alkanes of at least 4 members (excludes halogenated alkanes) is 1. The van der Waals surface area contributed by atoms with E-state index >= 15 is 0 Å². The molecule has 0 aliphatic carbocycles. The average Bonchev–Trinajstić information content (AvgIpc) is 2.41. The summed E-state index contributed by atoms with van der Waals surface area (Å²) in [6.07, 6.45) is 3.43. The highest BCUT2D eigenvalue weighted by molar-refractivity contribution is 5.73. The van der Waals surface area contributed by atoms with Crippen LogP contribution in [-0.2, 0) is 11.2 Å². The second-order valence-electron chi connectivity index (χ2n) is 5.27. The van der Waals surface area contributed by atoms with Gasteiger partial charge in [0.2, 0.25) is 0 Å². The van der Waals surface area contributed by atoms with Gasteiger partial charge in [-0.2, -0.15) is 0 Å². The first-order valence-electron chi connectivity index (χ1n) is 7.23. The third-order valence-electron chi connectivity index (χ3n) is 2.99. The van der Waals surface area contributed by atoms with Crippen molar-refractivity contribution in [2.45, 2.75) is 52.1 Å². The van der Waals surface area contributed by atoms with Gasteiger partial charge in [-0.05, 0) is 30.5 Å². The zero-order chi connectivity index (χ0) is 15.0. The summed E-state index contributed by atoms with van der Waals surface area (Å²) in [6.45, 7) is 6.13. The molecule has 4 heteroatoms. The highest BCUT2D eigenvalue weighted by atomic mass is 16.5. The van der Waals surface area contributed by atoms with E-state index < -0.39 is 12.0 Å². The van der Waals surface area contributed by atoms with Gasteiger partial charge in [-0.1, -0.05) is 39.3 Å². The number of carboxylic acids is 1. The molecule has 0 saturated heterocycles. The first-order chi connectivity index (χ1) is 9.52. The smallest absolute Gasteiger partial charge is 0.324 e. The molecule has 1 atom stereocenters. The second kappa shape index (κ2) is 8.59. The van der Waals surface area contributed by atoms with Gasteiger partial charge in [0.15, 0.2) is 0 Å². The van der Waals surface area contributed by atoms with Gasteiger partial charge >= 0.3 is 5.97 Å². The number of nitrogens with one attached hydrogen (secondary N) is 1. The molecule has 0 fully saturated rings. The summed E-state index contributed by atoms with van der Waals surface area (Å²) in [5.74, 6) is -0.180. The van der Waals surface area contributed by atoms with Gasteiger partial charge in [0.05, 0.1) is 0 Å². The predicted molar refractivity (Wildman–Crippen MR) is 80.2 cm³/mol. The van der Waals surface area contributed by atoms with Crippen LogP contribution in [0.15, 0.2) is 24.3 Å².